The fraction of sp³-hybridized carbons (Fsp3) is 0.185. The second-order valence-corrected chi connectivity index (χ2v) is 9.00. The lowest BCUT2D eigenvalue weighted by molar-refractivity contribution is -0.137. The van der Waals surface area contributed by atoms with Gasteiger partial charge in [-0.3, -0.25) is 4.79 Å². The first kappa shape index (κ1) is 23.3. The Morgan fingerprint density at radius 3 is 2.34 bits per heavy atom. The van der Waals surface area contributed by atoms with Gasteiger partial charge in [-0.1, -0.05) is 54.6 Å². The third-order valence-electron chi connectivity index (χ3n) is 5.89. The zero-order chi connectivity index (χ0) is 24.4. The maximum absolute atomic E-state index is 13.1. The molecule has 0 saturated carbocycles. The normalized spacial score (nSPS) is 14.2. The van der Waals surface area contributed by atoms with Crippen molar-refractivity contribution in [3.63, 3.8) is 0 Å². The van der Waals surface area contributed by atoms with Crippen molar-refractivity contribution in [1.82, 2.24) is 9.88 Å². The molecule has 2 heterocycles. The predicted molar refractivity (Wildman–Crippen MR) is 130 cm³/mol. The molecule has 178 valence electrons. The zero-order valence-corrected chi connectivity index (χ0v) is 19.4. The lowest BCUT2D eigenvalue weighted by atomic mass is 10.0. The Morgan fingerprint density at radius 1 is 0.886 bits per heavy atom. The molecule has 8 heteroatoms. The van der Waals surface area contributed by atoms with Crippen molar-refractivity contribution >= 4 is 17.2 Å². The summed E-state index contributed by atoms with van der Waals surface area (Å²) in [5.41, 5.74) is 3.46. The molecule has 4 aromatic rings. The Bertz CT molecular complexity index is 1340. The van der Waals surface area contributed by atoms with Crippen molar-refractivity contribution in [3.8, 4) is 33.0 Å². The molecule has 4 nitrogen and oxygen atoms in total. The van der Waals surface area contributed by atoms with E-state index in [2.05, 4.69) is 0 Å². The minimum atomic E-state index is -4.38. The molecule has 35 heavy (non-hydrogen) atoms. The second-order valence-electron chi connectivity index (χ2n) is 8.14. The Hall–Kier alpha value is -3.49. The monoisotopic (exact) mass is 494 g/mol. The molecule has 1 aliphatic heterocycles. The Morgan fingerprint density at radius 2 is 1.60 bits per heavy atom. The van der Waals surface area contributed by atoms with Gasteiger partial charge in [-0.05, 0) is 29.3 Å². The van der Waals surface area contributed by atoms with Gasteiger partial charge in [0.15, 0.2) is 0 Å². The summed E-state index contributed by atoms with van der Waals surface area (Å²) in [6.07, 6.45) is -4.38. The number of amides is 1. The fourth-order valence-electron chi connectivity index (χ4n) is 4.04. The van der Waals surface area contributed by atoms with E-state index in [1.54, 1.807) is 23.1 Å². The quantitative estimate of drug-likeness (QED) is 0.320. The Kier molecular flexibility index (Phi) is 6.40. The highest BCUT2D eigenvalue weighted by atomic mass is 32.1. The molecule has 0 bridgehead atoms. The maximum Gasteiger partial charge on any atom is 0.416 e. The number of halogens is 3. The third-order valence-corrected chi connectivity index (χ3v) is 6.78. The van der Waals surface area contributed by atoms with Gasteiger partial charge in [0.25, 0.3) is 5.91 Å². The van der Waals surface area contributed by atoms with Gasteiger partial charge >= 0.3 is 6.18 Å². The summed E-state index contributed by atoms with van der Waals surface area (Å²) in [6.45, 7) is 2.19. The summed E-state index contributed by atoms with van der Waals surface area (Å²) in [7, 11) is 0. The number of alkyl halides is 3. The molecule has 1 amide bonds. The van der Waals surface area contributed by atoms with Crippen LogP contribution >= 0.6 is 11.3 Å². The van der Waals surface area contributed by atoms with Gasteiger partial charge in [0.1, 0.15) is 5.01 Å². The number of nitrogens with zero attached hydrogens (tertiary/aromatic N) is 2. The zero-order valence-electron chi connectivity index (χ0n) is 18.6. The van der Waals surface area contributed by atoms with Crippen LogP contribution in [0.4, 0.5) is 13.2 Å². The number of aromatic nitrogens is 1. The molecule has 0 aliphatic carbocycles. The van der Waals surface area contributed by atoms with E-state index < -0.39 is 11.7 Å². The molecule has 0 unspecified atom stereocenters. The van der Waals surface area contributed by atoms with E-state index in [0.717, 1.165) is 28.3 Å². The molecule has 3 aromatic carbocycles. The van der Waals surface area contributed by atoms with Gasteiger partial charge < -0.3 is 9.64 Å². The highest BCUT2D eigenvalue weighted by molar-refractivity contribution is 7.13. The Labute approximate surface area is 204 Å². The van der Waals surface area contributed by atoms with Crippen LogP contribution in [-0.2, 0) is 10.9 Å². The fourth-order valence-corrected chi connectivity index (χ4v) is 4.87. The summed E-state index contributed by atoms with van der Waals surface area (Å²) in [6, 6.07) is 20.0. The molecule has 0 spiro atoms. The standard InChI is InChI=1S/C27H21F3N2O2S/c28-27(29,30)21-5-3-4-20(16-21)18-8-10-19(11-9-18)25-31-24(17-35-25)22-6-1-2-7-23(22)26(33)32-12-14-34-15-13-32/h1-11,16-17H,12-15H2. The number of carbonyl (C=O) groups is 1. The number of ether oxygens (including phenoxy) is 1. The van der Waals surface area contributed by atoms with E-state index in [0.29, 0.717) is 48.7 Å². The lowest BCUT2D eigenvalue weighted by Crippen LogP contribution is -2.40. The number of rotatable bonds is 4. The third kappa shape index (κ3) is 4.99. The van der Waals surface area contributed by atoms with Gasteiger partial charge in [-0.25, -0.2) is 4.98 Å². The molecule has 0 atom stereocenters. The number of hydrogen-bond donors (Lipinski definition) is 0. The van der Waals surface area contributed by atoms with E-state index in [1.165, 1.54) is 17.4 Å². The number of carbonyl (C=O) groups excluding carboxylic acids is 1. The van der Waals surface area contributed by atoms with E-state index in [1.807, 2.05) is 41.8 Å². The maximum atomic E-state index is 13.1. The molecule has 1 aromatic heterocycles. The second kappa shape index (κ2) is 9.64. The van der Waals surface area contributed by atoms with Crippen molar-refractivity contribution in [3.05, 3.63) is 89.3 Å². The summed E-state index contributed by atoms with van der Waals surface area (Å²) in [5.74, 6) is -0.0381. The molecule has 1 aliphatic rings. The largest absolute Gasteiger partial charge is 0.416 e. The average molecular weight is 495 g/mol. The van der Waals surface area contributed by atoms with Crippen LogP contribution in [0, 0.1) is 0 Å². The van der Waals surface area contributed by atoms with Crippen molar-refractivity contribution in [1.29, 1.82) is 0 Å². The van der Waals surface area contributed by atoms with Gasteiger partial charge in [0.05, 0.1) is 24.5 Å². The van der Waals surface area contributed by atoms with Crippen LogP contribution in [0.3, 0.4) is 0 Å². The molecule has 1 fully saturated rings. The minimum absolute atomic E-state index is 0.0381. The van der Waals surface area contributed by atoms with Crippen molar-refractivity contribution in [2.75, 3.05) is 26.3 Å². The van der Waals surface area contributed by atoms with Crippen LogP contribution in [-0.4, -0.2) is 42.1 Å². The van der Waals surface area contributed by atoms with E-state index in [-0.39, 0.29) is 5.91 Å². The van der Waals surface area contributed by atoms with Crippen LogP contribution in [0.5, 0.6) is 0 Å². The SMILES string of the molecule is O=C(c1ccccc1-c1csc(-c2ccc(-c3cccc(C(F)(F)F)c3)cc2)n1)N1CCOCC1. The summed E-state index contributed by atoms with van der Waals surface area (Å²) in [5, 5.41) is 2.69. The van der Waals surface area contributed by atoms with E-state index >= 15 is 0 Å². The molecular formula is C27H21F3N2O2S. The number of morpholine rings is 1. The van der Waals surface area contributed by atoms with Crippen LogP contribution in [0.15, 0.2) is 78.2 Å². The molecule has 5 rings (SSSR count). The molecular weight excluding hydrogens is 473 g/mol. The van der Waals surface area contributed by atoms with Crippen LogP contribution < -0.4 is 0 Å². The number of thiazole rings is 1. The summed E-state index contributed by atoms with van der Waals surface area (Å²) < 4.78 is 44.5. The van der Waals surface area contributed by atoms with E-state index in [4.69, 9.17) is 9.72 Å². The van der Waals surface area contributed by atoms with Crippen LogP contribution in [0.1, 0.15) is 15.9 Å². The van der Waals surface area contributed by atoms with Crippen molar-refractivity contribution in [2.45, 2.75) is 6.18 Å². The number of benzene rings is 3. The molecule has 0 N–H and O–H groups in total. The van der Waals surface area contributed by atoms with Crippen LogP contribution in [0.2, 0.25) is 0 Å². The van der Waals surface area contributed by atoms with Gasteiger partial charge in [0, 0.05) is 35.2 Å². The topological polar surface area (TPSA) is 42.4 Å². The van der Waals surface area contributed by atoms with Crippen LogP contribution in [0.25, 0.3) is 33.0 Å². The number of hydrogen-bond acceptors (Lipinski definition) is 4. The van der Waals surface area contributed by atoms with E-state index in [9.17, 15) is 18.0 Å². The Balaban J connectivity index is 1.40. The van der Waals surface area contributed by atoms with Crippen molar-refractivity contribution in [2.24, 2.45) is 0 Å². The average Bonchev–Trinajstić information content (AvgIpc) is 3.39. The minimum Gasteiger partial charge on any atom is -0.378 e. The first-order valence-corrected chi connectivity index (χ1v) is 12.0. The van der Waals surface area contributed by atoms with Gasteiger partial charge in [0.2, 0.25) is 0 Å². The van der Waals surface area contributed by atoms with Crippen molar-refractivity contribution < 1.29 is 22.7 Å². The highest BCUT2D eigenvalue weighted by Crippen LogP contribution is 2.34. The van der Waals surface area contributed by atoms with Gasteiger partial charge in [-0.2, -0.15) is 13.2 Å². The molecule has 1 saturated heterocycles. The predicted octanol–water partition coefficient (Wildman–Crippen LogP) is 6.64. The first-order chi connectivity index (χ1) is 16.9. The van der Waals surface area contributed by atoms with Gasteiger partial charge in [-0.15, -0.1) is 11.3 Å². The smallest absolute Gasteiger partial charge is 0.378 e. The molecule has 0 radical (unpaired) electrons. The summed E-state index contributed by atoms with van der Waals surface area (Å²) in [4.78, 5) is 19.7. The lowest BCUT2D eigenvalue weighted by Gasteiger charge is -2.27. The summed E-state index contributed by atoms with van der Waals surface area (Å²) >= 11 is 1.46. The highest BCUT2D eigenvalue weighted by Gasteiger charge is 2.30. The first-order valence-electron chi connectivity index (χ1n) is 11.1.